The largest absolute Gasteiger partial charge is 0.477 e. The number of hydrogen-bond donors (Lipinski definition) is 1. The molecule has 0 saturated heterocycles. The first-order valence-electron chi connectivity index (χ1n) is 7.37. The molecule has 0 spiro atoms. The molecule has 0 bridgehead atoms. The van der Waals surface area contributed by atoms with Gasteiger partial charge in [0.05, 0.1) is 24.1 Å². The van der Waals surface area contributed by atoms with E-state index in [0.29, 0.717) is 24.7 Å². The van der Waals surface area contributed by atoms with Crippen LogP contribution in [0.2, 0.25) is 0 Å². The highest BCUT2D eigenvalue weighted by Gasteiger charge is 2.16. The number of H-pyrrole nitrogens is 1. The first-order valence-corrected chi connectivity index (χ1v) is 7.37. The Morgan fingerprint density at radius 1 is 1.39 bits per heavy atom. The fraction of sp³-hybridized carbons (Fsp3) is 0.412. The Balaban J connectivity index is 2.23. The van der Waals surface area contributed by atoms with Crippen LogP contribution in [-0.4, -0.2) is 27.3 Å². The molecule has 2 heterocycles. The molecule has 2 rings (SSSR count). The van der Waals surface area contributed by atoms with E-state index in [1.54, 1.807) is 18.5 Å². The van der Waals surface area contributed by atoms with Crippen LogP contribution in [0.1, 0.15) is 33.3 Å². The third-order valence-electron chi connectivity index (χ3n) is 3.13. The molecular formula is C17H20N4O2. The summed E-state index contributed by atoms with van der Waals surface area (Å²) in [5, 5.41) is 8.93. The molecule has 0 aromatic carbocycles. The van der Waals surface area contributed by atoms with Gasteiger partial charge in [-0.15, -0.1) is 0 Å². The topological polar surface area (TPSA) is 91.7 Å². The second-order valence-corrected chi connectivity index (χ2v) is 6.57. The summed E-state index contributed by atoms with van der Waals surface area (Å²) in [6.45, 7) is 8.20. The van der Waals surface area contributed by atoms with Crippen molar-refractivity contribution in [1.29, 1.82) is 5.26 Å². The van der Waals surface area contributed by atoms with E-state index >= 15 is 0 Å². The minimum Gasteiger partial charge on any atom is -0.477 e. The number of aromatic nitrogens is 3. The Morgan fingerprint density at radius 3 is 2.70 bits per heavy atom. The lowest BCUT2D eigenvalue weighted by atomic mass is 9.99. The van der Waals surface area contributed by atoms with E-state index < -0.39 is 0 Å². The normalized spacial score (nSPS) is 12.2. The number of ether oxygens (including phenoxy) is 1. The van der Waals surface area contributed by atoms with E-state index in [9.17, 15) is 4.79 Å². The Labute approximate surface area is 135 Å². The number of rotatable bonds is 5. The predicted octanol–water partition coefficient (Wildman–Crippen LogP) is 2.92. The molecule has 0 atom stereocenters. The van der Waals surface area contributed by atoms with Crippen molar-refractivity contribution in [1.82, 2.24) is 15.0 Å². The summed E-state index contributed by atoms with van der Waals surface area (Å²) in [5.41, 5.74) is 1.81. The van der Waals surface area contributed by atoms with Crippen molar-refractivity contribution in [2.45, 2.75) is 34.1 Å². The highest BCUT2D eigenvalue weighted by Crippen LogP contribution is 2.25. The van der Waals surface area contributed by atoms with E-state index in [1.807, 2.05) is 6.07 Å². The van der Waals surface area contributed by atoms with Crippen molar-refractivity contribution in [3.8, 4) is 23.5 Å². The smallest absolute Gasteiger partial charge is 0.210 e. The minimum atomic E-state index is -0.243. The van der Waals surface area contributed by atoms with E-state index in [0.717, 1.165) is 11.3 Å². The quantitative estimate of drug-likeness (QED) is 0.677. The van der Waals surface area contributed by atoms with Crippen LogP contribution in [0.5, 0.6) is 5.88 Å². The SMILES string of the molecule is CC(=O)/C(C#N)=C\Cc1cnc2ncc(OCC(C)(C)C)[nH]c1-2. The van der Waals surface area contributed by atoms with Crippen LogP contribution in [0.3, 0.4) is 0 Å². The average molecular weight is 312 g/mol. The van der Waals surface area contributed by atoms with Gasteiger partial charge in [-0.1, -0.05) is 26.8 Å². The standard InChI is InChI=1S/C17H20N4O2/c1-11(22)12(7-18)5-6-13-8-19-16-15(13)21-14(9-20-16)23-10-17(2,3)4/h5,8-9,21H,6,10H2,1-4H3/b12-5-. The first kappa shape index (κ1) is 16.7. The summed E-state index contributed by atoms with van der Waals surface area (Å²) in [6.07, 6.45) is 5.33. The number of hydrogen-bond acceptors (Lipinski definition) is 5. The third-order valence-corrected chi connectivity index (χ3v) is 3.13. The van der Waals surface area contributed by atoms with Crippen LogP contribution >= 0.6 is 0 Å². The van der Waals surface area contributed by atoms with Crippen molar-refractivity contribution in [2.75, 3.05) is 6.61 Å². The van der Waals surface area contributed by atoms with Gasteiger partial charge in [0.1, 0.15) is 6.07 Å². The molecule has 2 aliphatic heterocycles. The zero-order chi connectivity index (χ0) is 17.0. The van der Waals surface area contributed by atoms with E-state index in [4.69, 9.17) is 10.00 Å². The molecule has 2 aliphatic rings. The lowest BCUT2D eigenvalue weighted by Gasteiger charge is -2.18. The molecule has 1 N–H and O–H groups in total. The number of nitriles is 1. The van der Waals surface area contributed by atoms with E-state index in [2.05, 4.69) is 35.7 Å². The molecule has 6 nitrogen and oxygen atoms in total. The Morgan fingerprint density at radius 2 is 2.09 bits per heavy atom. The molecule has 120 valence electrons. The van der Waals surface area contributed by atoms with Gasteiger partial charge >= 0.3 is 0 Å². The highest BCUT2D eigenvalue weighted by molar-refractivity contribution is 5.97. The maximum Gasteiger partial charge on any atom is 0.210 e. The highest BCUT2D eigenvalue weighted by atomic mass is 16.5. The summed E-state index contributed by atoms with van der Waals surface area (Å²) < 4.78 is 5.72. The van der Waals surface area contributed by atoms with E-state index in [1.165, 1.54) is 6.92 Å². The summed E-state index contributed by atoms with van der Waals surface area (Å²) in [6, 6.07) is 1.90. The maximum atomic E-state index is 11.3. The summed E-state index contributed by atoms with van der Waals surface area (Å²) in [4.78, 5) is 22.9. The van der Waals surface area contributed by atoms with Gasteiger partial charge in [-0.3, -0.25) is 4.79 Å². The van der Waals surface area contributed by atoms with Crippen molar-refractivity contribution < 1.29 is 9.53 Å². The van der Waals surface area contributed by atoms with Crippen LogP contribution in [0.4, 0.5) is 0 Å². The first-order chi connectivity index (χ1) is 10.8. The maximum absolute atomic E-state index is 11.3. The number of fused-ring (bicyclic) bond motifs is 1. The second kappa shape index (κ2) is 6.61. The van der Waals surface area contributed by atoms with Crippen molar-refractivity contribution >= 4 is 5.78 Å². The average Bonchev–Trinajstić information content (AvgIpc) is 2.87. The van der Waals surface area contributed by atoms with Gasteiger partial charge in [0.2, 0.25) is 5.88 Å². The van der Waals surface area contributed by atoms with Crippen LogP contribution in [-0.2, 0) is 11.2 Å². The van der Waals surface area contributed by atoms with Gasteiger partial charge in [-0.2, -0.15) is 5.26 Å². The second-order valence-electron chi connectivity index (χ2n) is 6.57. The van der Waals surface area contributed by atoms with E-state index in [-0.39, 0.29) is 16.8 Å². The third kappa shape index (κ3) is 4.39. The molecule has 0 unspecified atom stereocenters. The molecule has 6 heteroatoms. The molecule has 0 saturated carbocycles. The number of carbonyl (C=O) groups is 1. The summed E-state index contributed by atoms with van der Waals surface area (Å²) in [7, 11) is 0. The lowest BCUT2D eigenvalue weighted by molar-refractivity contribution is -0.113. The van der Waals surface area contributed by atoms with Gasteiger partial charge < -0.3 is 9.72 Å². The van der Waals surface area contributed by atoms with Gasteiger partial charge in [0.25, 0.3) is 0 Å². The zero-order valence-corrected chi connectivity index (χ0v) is 13.8. The van der Waals surface area contributed by atoms with Crippen LogP contribution < -0.4 is 4.74 Å². The van der Waals surface area contributed by atoms with Gasteiger partial charge in [0.15, 0.2) is 11.6 Å². The number of nitrogens with one attached hydrogen (secondary N) is 1. The summed E-state index contributed by atoms with van der Waals surface area (Å²) >= 11 is 0. The molecule has 0 aliphatic carbocycles. The lowest BCUT2D eigenvalue weighted by Crippen LogP contribution is -2.17. The number of ketones is 1. The summed E-state index contributed by atoms with van der Waals surface area (Å²) in [5.74, 6) is 0.906. The fourth-order valence-electron chi connectivity index (χ4n) is 1.92. The number of allylic oxidation sites excluding steroid dienone is 2. The van der Waals surface area contributed by atoms with Gasteiger partial charge in [0, 0.05) is 11.8 Å². The van der Waals surface area contributed by atoms with Gasteiger partial charge in [-0.05, 0) is 18.8 Å². The van der Waals surface area contributed by atoms with Crippen molar-refractivity contribution in [3.63, 3.8) is 0 Å². The van der Waals surface area contributed by atoms with Crippen molar-refractivity contribution in [3.05, 3.63) is 29.6 Å². The Hall–Kier alpha value is -2.68. The van der Waals surface area contributed by atoms with Crippen LogP contribution in [0, 0.1) is 16.7 Å². The molecule has 0 aromatic heterocycles. The number of Topliss-reactive ketones (excluding diaryl/α,β-unsaturated/α-hetero) is 1. The Bertz CT molecular complexity index is 747. The monoisotopic (exact) mass is 312 g/mol. The molecule has 0 aromatic rings. The molecule has 0 radical (unpaired) electrons. The fourth-order valence-corrected chi connectivity index (χ4v) is 1.92. The Kier molecular flexibility index (Phi) is 4.80. The number of carbonyl (C=O) groups excluding carboxylic acids is 1. The number of nitrogens with zero attached hydrogens (tertiary/aromatic N) is 3. The molecule has 0 amide bonds. The predicted molar refractivity (Wildman–Crippen MR) is 86.0 cm³/mol. The minimum absolute atomic E-state index is 0.0435. The van der Waals surface area contributed by atoms with Gasteiger partial charge in [-0.25, -0.2) is 9.97 Å². The molecule has 0 fully saturated rings. The van der Waals surface area contributed by atoms with Crippen LogP contribution in [0.25, 0.3) is 11.5 Å². The zero-order valence-electron chi connectivity index (χ0n) is 13.8. The van der Waals surface area contributed by atoms with Crippen LogP contribution in [0.15, 0.2) is 24.0 Å². The number of aromatic amines is 1. The van der Waals surface area contributed by atoms with Crippen molar-refractivity contribution in [2.24, 2.45) is 5.41 Å². The molecule has 23 heavy (non-hydrogen) atoms. The molecular weight excluding hydrogens is 292 g/mol.